The lowest BCUT2D eigenvalue weighted by atomic mass is 10.2. The molecule has 0 aliphatic rings. The van der Waals surface area contributed by atoms with Crippen molar-refractivity contribution >= 4 is 38.4 Å². The largest absolute Gasteiger partial charge is 0.465 e. The first-order valence-electron chi connectivity index (χ1n) is 8.86. The molecular formula is C20H18FN3O3S. The van der Waals surface area contributed by atoms with Crippen LogP contribution < -0.4 is 5.56 Å². The predicted molar refractivity (Wildman–Crippen MR) is 106 cm³/mol. The molecule has 0 amide bonds. The van der Waals surface area contributed by atoms with E-state index < -0.39 is 5.97 Å². The summed E-state index contributed by atoms with van der Waals surface area (Å²) in [4.78, 5) is 26.0. The lowest BCUT2D eigenvalue weighted by molar-refractivity contribution is -0.144. The van der Waals surface area contributed by atoms with Gasteiger partial charge in [-0.3, -0.25) is 9.59 Å². The van der Waals surface area contributed by atoms with Crippen LogP contribution >= 0.6 is 11.3 Å². The smallest absolute Gasteiger partial charge is 0.327 e. The number of rotatable bonds is 5. The highest BCUT2D eigenvalue weighted by atomic mass is 32.1. The SMILES string of the molecule is CCOC(=O)Cn1ncc2c3sc(C)cc3n(Cc3ccc(F)cc3)c2c1=O. The number of ether oxygens (including phenoxy) is 1. The predicted octanol–water partition coefficient (Wildman–Crippen LogP) is 3.47. The summed E-state index contributed by atoms with van der Waals surface area (Å²) in [7, 11) is 0. The molecule has 144 valence electrons. The standard InChI is InChI=1S/C20H18FN3O3S/c1-3-27-17(25)11-24-20(26)18-15(9-22-24)19-16(8-12(2)28-19)23(18)10-13-4-6-14(21)7-5-13/h4-9H,3,10-11H2,1-2H3. The second-order valence-electron chi connectivity index (χ2n) is 6.46. The minimum atomic E-state index is -0.509. The molecule has 0 N–H and O–H groups in total. The molecule has 4 aromatic rings. The summed E-state index contributed by atoms with van der Waals surface area (Å²) in [6.45, 7) is 4.13. The zero-order valence-corrected chi connectivity index (χ0v) is 16.3. The number of esters is 1. The van der Waals surface area contributed by atoms with E-state index in [1.807, 2.05) is 17.6 Å². The summed E-state index contributed by atoms with van der Waals surface area (Å²) < 4.78 is 22.2. The molecule has 1 aromatic carbocycles. The molecule has 0 spiro atoms. The molecule has 0 unspecified atom stereocenters. The van der Waals surface area contributed by atoms with Crippen molar-refractivity contribution in [2.75, 3.05) is 6.61 Å². The first kappa shape index (κ1) is 18.4. The summed E-state index contributed by atoms with van der Waals surface area (Å²) in [5.74, 6) is -0.815. The average molecular weight is 399 g/mol. The Morgan fingerprint density at radius 3 is 2.75 bits per heavy atom. The normalized spacial score (nSPS) is 11.4. The van der Waals surface area contributed by atoms with Crippen LogP contribution in [0.25, 0.3) is 21.1 Å². The van der Waals surface area contributed by atoms with Crippen molar-refractivity contribution in [2.45, 2.75) is 26.9 Å². The molecule has 28 heavy (non-hydrogen) atoms. The molecule has 0 aliphatic heterocycles. The molecule has 0 fully saturated rings. The van der Waals surface area contributed by atoms with Gasteiger partial charge in [-0.2, -0.15) is 5.10 Å². The molecule has 0 saturated carbocycles. The Morgan fingerprint density at radius 2 is 2.04 bits per heavy atom. The van der Waals surface area contributed by atoms with E-state index in [-0.39, 0.29) is 24.5 Å². The number of fused-ring (bicyclic) bond motifs is 3. The van der Waals surface area contributed by atoms with Crippen molar-refractivity contribution in [2.24, 2.45) is 0 Å². The van der Waals surface area contributed by atoms with E-state index >= 15 is 0 Å². The van der Waals surface area contributed by atoms with Crippen LogP contribution in [0.3, 0.4) is 0 Å². The topological polar surface area (TPSA) is 66.1 Å². The van der Waals surface area contributed by atoms with Gasteiger partial charge in [0.15, 0.2) is 0 Å². The van der Waals surface area contributed by atoms with E-state index in [0.717, 1.165) is 30.7 Å². The summed E-state index contributed by atoms with van der Waals surface area (Å²) in [5, 5.41) is 4.92. The van der Waals surface area contributed by atoms with Gasteiger partial charge in [0.25, 0.3) is 5.56 Å². The van der Waals surface area contributed by atoms with Crippen LogP contribution in [0.1, 0.15) is 17.4 Å². The number of nitrogens with zero attached hydrogens (tertiary/aromatic N) is 3. The molecule has 0 atom stereocenters. The van der Waals surface area contributed by atoms with Gasteiger partial charge in [0.05, 0.1) is 23.0 Å². The molecule has 8 heteroatoms. The van der Waals surface area contributed by atoms with Crippen molar-refractivity contribution in [3.05, 3.63) is 63.1 Å². The summed E-state index contributed by atoms with van der Waals surface area (Å²) in [6.07, 6.45) is 1.62. The first-order chi connectivity index (χ1) is 13.5. The van der Waals surface area contributed by atoms with Gasteiger partial charge >= 0.3 is 5.97 Å². The molecule has 0 radical (unpaired) electrons. The number of halogens is 1. The monoisotopic (exact) mass is 399 g/mol. The van der Waals surface area contributed by atoms with Crippen molar-refractivity contribution < 1.29 is 13.9 Å². The fraction of sp³-hybridized carbons (Fsp3) is 0.250. The van der Waals surface area contributed by atoms with Gasteiger partial charge < -0.3 is 9.30 Å². The molecular weight excluding hydrogens is 381 g/mol. The maximum atomic E-state index is 13.3. The van der Waals surface area contributed by atoms with E-state index in [4.69, 9.17) is 4.74 Å². The van der Waals surface area contributed by atoms with E-state index in [9.17, 15) is 14.0 Å². The number of aromatic nitrogens is 3. The van der Waals surface area contributed by atoms with Crippen molar-refractivity contribution in [1.29, 1.82) is 0 Å². The van der Waals surface area contributed by atoms with E-state index in [1.54, 1.807) is 36.6 Å². The first-order valence-corrected chi connectivity index (χ1v) is 9.68. The van der Waals surface area contributed by atoms with Gasteiger partial charge in [0.1, 0.15) is 17.9 Å². The fourth-order valence-corrected chi connectivity index (χ4v) is 4.32. The average Bonchev–Trinajstić information content (AvgIpc) is 3.16. The minimum Gasteiger partial charge on any atom is -0.465 e. The highest BCUT2D eigenvalue weighted by Gasteiger charge is 2.19. The van der Waals surface area contributed by atoms with Crippen molar-refractivity contribution in [3.8, 4) is 0 Å². The van der Waals surface area contributed by atoms with Crippen LogP contribution in [0.4, 0.5) is 4.39 Å². The zero-order chi connectivity index (χ0) is 19.8. The molecule has 6 nitrogen and oxygen atoms in total. The Kier molecular flexibility index (Phi) is 4.72. The number of thiophene rings is 1. The number of aryl methyl sites for hydroxylation is 1. The van der Waals surface area contributed by atoms with Crippen LogP contribution in [0.2, 0.25) is 0 Å². The van der Waals surface area contributed by atoms with Crippen LogP contribution in [-0.2, 0) is 22.6 Å². The maximum Gasteiger partial charge on any atom is 0.327 e. The zero-order valence-electron chi connectivity index (χ0n) is 15.4. The van der Waals surface area contributed by atoms with Crippen molar-refractivity contribution in [3.63, 3.8) is 0 Å². The second-order valence-corrected chi connectivity index (χ2v) is 7.72. The third-order valence-electron chi connectivity index (χ3n) is 4.50. The molecule has 0 aliphatic carbocycles. The second kappa shape index (κ2) is 7.20. The Morgan fingerprint density at radius 1 is 1.29 bits per heavy atom. The van der Waals surface area contributed by atoms with E-state index in [0.29, 0.717) is 12.1 Å². The number of carbonyl (C=O) groups excluding carboxylic acids is 1. The minimum absolute atomic E-state index is 0.239. The van der Waals surface area contributed by atoms with Crippen LogP contribution in [0.15, 0.2) is 41.3 Å². The number of carbonyl (C=O) groups is 1. The third kappa shape index (κ3) is 3.20. The van der Waals surface area contributed by atoms with Crippen molar-refractivity contribution in [1.82, 2.24) is 14.3 Å². The number of benzene rings is 1. The van der Waals surface area contributed by atoms with Gasteiger partial charge in [0, 0.05) is 16.8 Å². The molecule has 0 saturated heterocycles. The highest BCUT2D eigenvalue weighted by Crippen LogP contribution is 2.34. The number of hydrogen-bond donors (Lipinski definition) is 0. The molecule has 4 rings (SSSR count). The van der Waals surface area contributed by atoms with Gasteiger partial charge in [-0.15, -0.1) is 11.3 Å². The summed E-state index contributed by atoms with van der Waals surface area (Å²) in [5.41, 5.74) is 1.92. The number of hydrogen-bond acceptors (Lipinski definition) is 5. The van der Waals surface area contributed by atoms with Crippen LogP contribution in [0.5, 0.6) is 0 Å². The Hall–Kier alpha value is -3.00. The maximum absolute atomic E-state index is 13.3. The molecule has 3 aromatic heterocycles. The van der Waals surface area contributed by atoms with Crippen LogP contribution in [0, 0.1) is 12.7 Å². The van der Waals surface area contributed by atoms with E-state index in [1.165, 1.54) is 12.1 Å². The summed E-state index contributed by atoms with van der Waals surface area (Å²) >= 11 is 1.59. The Balaban J connectivity index is 1.89. The lowest BCUT2D eigenvalue weighted by Crippen LogP contribution is -2.28. The van der Waals surface area contributed by atoms with Gasteiger partial charge in [-0.25, -0.2) is 9.07 Å². The highest BCUT2D eigenvalue weighted by molar-refractivity contribution is 7.20. The lowest BCUT2D eigenvalue weighted by Gasteiger charge is -2.09. The van der Waals surface area contributed by atoms with Crippen LogP contribution in [-0.4, -0.2) is 26.9 Å². The van der Waals surface area contributed by atoms with Gasteiger partial charge in [0.2, 0.25) is 0 Å². The molecule has 0 bridgehead atoms. The Labute approximate surface area is 163 Å². The van der Waals surface area contributed by atoms with E-state index in [2.05, 4.69) is 5.10 Å². The summed E-state index contributed by atoms with van der Waals surface area (Å²) in [6, 6.07) is 8.23. The Bertz CT molecular complexity index is 1240. The van der Waals surface area contributed by atoms with Gasteiger partial charge in [-0.05, 0) is 37.6 Å². The third-order valence-corrected chi connectivity index (χ3v) is 5.57. The molecule has 3 heterocycles. The quantitative estimate of drug-likeness (QED) is 0.482. The van der Waals surface area contributed by atoms with Gasteiger partial charge in [-0.1, -0.05) is 12.1 Å². The fourth-order valence-electron chi connectivity index (χ4n) is 3.30.